The van der Waals surface area contributed by atoms with Gasteiger partial charge in [-0.3, -0.25) is 9.78 Å². The van der Waals surface area contributed by atoms with Gasteiger partial charge in [0.1, 0.15) is 11.4 Å². The molecule has 0 unspecified atom stereocenters. The van der Waals surface area contributed by atoms with Gasteiger partial charge in [0.05, 0.1) is 12.1 Å². The third kappa shape index (κ3) is 4.02. The maximum Gasteiger partial charge on any atom is 0.387 e. The number of pyridine rings is 1. The summed E-state index contributed by atoms with van der Waals surface area (Å²) in [4.78, 5) is 17.8. The summed E-state index contributed by atoms with van der Waals surface area (Å²) in [6.07, 6.45) is 3.28. The maximum absolute atomic E-state index is 12.6. The summed E-state index contributed by atoms with van der Waals surface area (Å²) >= 11 is 0. The van der Waals surface area contributed by atoms with Gasteiger partial charge in [-0.1, -0.05) is 17.3 Å². The van der Waals surface area contributed by atoms with E-state index >= 15 is 0 Å². The maximum atomic E-state index is 12.6. The molecular formula is C18H15F2N3O3. The van der Waals surface area contributed by atoms with Gasteiger partial charge in [-0.2, -0.15) is 8.78 Å². The number of nitrogens with zero attached hydrogens (tertiary/aromatic N) is 3. The predicted molar refractivity (Wildman–Crippen MR) is 88.6 cm³/mol. The van der Waals surface area contributed by atoms with E-state index in [9.17, 15) is 13.6 Å². The molecule has 2 heterocycles. The lowest BCUT2D eigenvalue weighted by atomic mass is 10.1. The Morgan fingerprint density at radius 1 is 1.23 bits per heavy atom. The molecule has 8 heteroatoms. The standard InChI is InChI=1S/C18H15F2N3O3/c1-23(17(24)14-4-2-3-5-16(14)25-18(19)20)11-13-10-15(22-26-13)12-6-8-21-9-7-12/h2-10,18H,11H2,1H3. The summed E-state index contributed by atoms with van der Waals surface area (Å²) < 4.78 is 34.7. The second-order valence-electron chi connectivity index (χ2n) is 5.45. The van der Waals surface area contributed by atoms with Crippen molar-refractivity contribution in [3.63, 3.8) is 0 Å². The highest BCUT2D eigenvalue weighted by molar-refractivity contribution is 5.96. The first-order valence-electron chi connectivity index (χ1n) is 7.70. The molecule has 0 aliphatic heterocycles. The number of amides is 1. The van der Waals surface area contributed by atoms with Crippen molar-refractivity contribution in [1.29, 1.82) is 0 Å². The number of halogens is 2. The van der Waals surface area contributed by atoms with Crippen molar-refractivity contribution in [2.24, 2.45) is 0 Å². The number of carbonyl (C=O) groups is 1. The molecular weight excluding hydrogens is 344 g/mol. The van der Waals surface area contributed by atoms with Gasteiger partial charge < -0.3 is 14.2 Å². The zero-order valence-corrected chi connectivity index (χ0v) is 13.8. The van der Waals surface area contributed by atoms with Crippen LogP contribution < -0.4 is 4.74 Å². The van der Waals surface area contributed by atoms with Gasteiger partial charge in [0.2, 0.25) is 0 Å². The summed E-state index contributed by atoms with van der Waals surface area (Å²) in [7, 11) is 1.54. The Balaban J connectivity index is 1.74. The van der Waals surface area contributed by atoms with E-state index in [1.807, 2.05) is 0 Å². The van der Waals surface area contributed by atoms with Crippen molar-refractivity contribution < 1.29 is 22.8 Å². The highest BCUT2D eigenvalue weighted by Crippen LogP contribution is 2.23. The van der Waals surface area contributed by atoms with Crippen LogP contribution in [0.2, 0.25) is 0 Å². The van der Waals surface area contributed by atoms with Crippen molar-refractivity contribution in [3.05, 3.63) is 66.2 Å². The number of hydrogen-bond donors (Lipinski definition) is 0. The summed E-state index contributed by atoms with van der Waals surface area (Å²) in [5, 5.41) is 3.96. The zero-order chi connectivity index (χ0) is 18.5. The van der Waals surface area contributed by atoms with Gasteiger partial charge in [-0.15, -0.1) is 0 Å². The Kier molecular flexibility index (Phi) is 5.21. The van der Waals surface area contributed by atoms with Crippen LogP contribution in [0.25, 0.3) is 11.3 Å². The van der Waals surface area contributed by atoms with Gasteiger partial charge in [-0.05, 0) is 24.3 Å². The number of benzene rings is 1. The molecule has 0 atom stereocenters. The third-order valence-electron chi connectivity index (χ3n) is 3.61. The molecule has 0 aliphatic rings. The molecule has 2 aromatic heterocycles. The van der Waals surface area contributed by atoms with Crippen LogP contribution in [-0.2, 0) is 6.54 Å². The number of aromatic nitrogens is 2. The fourth-order valence-electron chi connectivity index (χ4n) is 2.40. The van der Waals surface area contributed by atoms with E-state index in [2.05, 4.69) is 14.9 Å². The van der Waals surface area contributed by atoms with Crippen LogP contribution in [-0.4, -0.2) is 34.6 Å². The average Bonchev–Trinajstić information content (AvgIpc) is 3.10. The van der Waals surface area contributed by atoms with Crippen molar-refractivity contribution in [1.82, 2.24) is 15.0 Å². The topological polar surface area (TPSA) is 68.5 Å². The molecule has 0 bridgehead atoms. The smallest absolute Gasteiger partial charge is 0.387 e. The van der Waals surface area contributed by atoms with Crippen molar-refractivity contribution >= 4 is 5.91 Å². The molecule has 0 saturated heterocycles. The SMILES string of the molecule is CN(Cc1cc(-c2ccncc2)no1)C(=O)c1ccccc1OC(F)F. The van der Waals surface area contributed by atoms with Crippen LogP contribution in [0.4, 0.5) is 8.78 Å². The van der Waals surface area contributed by atoms with E-state index in [0.29, 0.717) is 11.5 Å². The van der Waals surface area contributed by atoms with E-state index in [4.69, 9.17) is 4.52 Å². The summed E-state index contributed by atoms with van der Waals surface area (Å²) in [5.41, 5.74) is 1.49. The number of rotatable bonds is 6. The Hall–Kier alpha value is -3.29. The van der Waals surface area contributed by atoms with Crippen molar-refractivity contribution in [3.8, 4) is 17.0 Å². The Labute approximate surface area is 148 Å². The van der Waals surface area contributed by atoms with Gasteiger partial charge in [0.15, 0.2) is 5.76 Å². The molecule has 0 aliphatic carbocycles. The van der Waals surface area contributed by atoms with E-state index in [0.717, 1.165) is 5.56 Å². The summed E-state index contributed by atoms with van der Waals surface area (Å²) in [6.45, 7) is -2.88. The lowest BCUT2D eigenvalue weighted by molar-refractivity contribution is -0.0502. The molecule has 3 rings (SSSR count). The van der Waals surface area contributed by atoms with Crippen LogP contribution in [0.5, 0.6) is 5.75 Å². The van der Waals surface area contributed by atoms with E-state index in [-0.39, 0.29) is 17.9 Å². The monoisotopic (exact) mass is 359 g/mol. The number of alkyl halides is 2. The lowest BCUT2D eigenvalue weighted by Gasteiger charge is -2.17. The number of hydrogen-bond acceptors (Lipinski definition) is 5. The molecule has 134 valence electrons. The van der Waals surface area contributed by atoms with Crippen LogP contribution in [0, 0.1) is 0 Å². The van der Waals surface area contributed by atoms with E-state index in [1.54, 1.807) is 36.7 Å². The first kappa shape index (κ1) is 17.5. The Bertz CT molecular complexity index is 884. The zero-order valence-electron chi connectivity index (χ0n) is 13.8. The van der Waals surface area contributed by atoms with Gasteiger partial charge in [0, 0.05) is 31.1 Å². The fourth-order valence-corrected chi connectivity index (χ4v) is 2.40. The van der Waals surface area contributed by atoms with Crippen LogP contribution in [0.3, 0.4) is 0 Å². The molecule has 0 spiro atoms. The molecule has 3 aromatic rings. The van der Waals surface area contributed by atoms with Crippen LogP contribution in [0.15, 0.2) is 59.4 Å². The average molecular weight is 359 g/mol. The second kappa shape index (κ2) is 7.73. The first-order chi connectivity index (χ1) is 12.5. The second-order valence-corrected chi connectivity index (χ2v) is 5.45. The Morgan fingerprint density at radius 3 is 2.69 bits per heavy atom. The van der Waals surface area contributed by atoms with E-state index in [1.165, 1.54) is 30.1 Å². The van der Waals surface area contributed by atoms with Crippen LogP contribution in [0.1, 0.15) is 16.1 Å². The minimum Gasteiger partial charge on any atom is -0.434 e. The Morgan fingerprint density at radius 2 is 1.96 bits per heavy atom. The molecule has 0 fully saturated rings. The molecule has 0 saturated carbocycles. The lowest BCUT2D eigenvalue weighted by Crippen LogP contribution is -2.26. The molecule has 1 aromatic carbocycles. The quantitative estimate of drug-likeness (QED) is 0.672. The molecule has 6 nitrogen and oxygen atoms in total. The summed E-state index contributed by atoms with van der Waals surface area (Å²) in [5.74, 6) is -0.183. The molecule has 0 N–H and O–H groups in total. The van der Waals surface area contributed by atoms with Crippen molar-refractivity contribution in [2.75, 3.05) is 7.05 Å². The van der Waals surface area contributed by atoms with Gasteiger partial charge in [-0.25, -0.2) is 0 Å². The van der Waals surface area contributed by atoms with E-state index < -0.39 is 12.5 Å². The fraction of sp³-hybridized carbons (Fsp3) is 0.167. The molecule has 0 radical (unpaired) electrons. The highest BCUT2D eigenvalue weighted by atomic mass is 19.3. The number of ether oxygens (including phenoxy) is 1. The highest BCUT2D eigenvalue weighted by Gasteiger charge is 2.20. The summed E-state index contributed by atoms with van der Waals surface area (Å²) in [6, 6.07) is 11.1. The van der Waals surface area contributed by atoms with Crippen molar-refractivity contribution in [2.45, 2.75) is 13.2 Å². The normalized spacial score (nSPS) is 10.8. The largest absolute Gasteiger partial charge is 0.434 e. The predicted octanol–water partition coefficient (Wildman–Crippen LogP) is 3.61. The number of carbonyl (C=O) groups excluding carboxylic acids is 1. The molecule has 26 heavy (non-hydrogen) atoms. The third-order valence-corrected chi connectivity index (χ3v) is 3.61. The first-order valence-corrected chi connectivity index (χ1v) is 7.70. The minimum atomic E-state index is -3.01. The molecule has 1 amide bonds. The van der Waals surface area contributed by atoms with Crippen LogP contribution >= 0.6 is 0 Å². The van der Waals surface area contributed by atoms with Gasteiger partial charge in [0.25, 0.3) is 5.91 Å². The van der Waals surface area contributed by atoms with Gasteiger partial charge >= 0.3 is 6.61 Å². The number of para-hydroxylation sites is 1. The minimum absolute atomic E-state index is 0.0455.